The first kappa shape index (κ1) is 9.79. The van der Waals surface area contributed by atoms with Crippen LogP contribution in [-0.4, -0.2) is 25.2 Å². The predicted molar refractivity (Wildman–Crippen MR) is 58.8 cm³/mol. The summed E-state index contributed by atoms with van der Waals surface area (Å²) in [4.78, 5) is 4.23. The van der Waals surface area contributed by atoms with Gasteiger partial charge in [-0.3, -0.25) is 0 Å². The van der Waals surface area contributed by atoms with Crippen LogP contribution in [0.5, 0.6) is 0 Å². The molecule has 5 nitrogen and oxygen atoms in total. The van der Waals surface area contributed by atoms with Crippen LogP contribution in [0.2, 0.25) is 0 Å². The molecule has 1 heterocycles. The van der Waals surface area contributed by atoms with E-state index in [9.17, 15) is 0 Å². The number of fused-ring (bicyclic) bond motifs is 1. The van der Waals surface area contributed by atoms with Crippen molar-refractivity contribution >= 4 is 22.8 Å². The Morgan fingerprint density at radius 3 is 3.13 bits per heavy atom. The highest BCUT2D eigenvalue weighted by atomic mass is 16.5. The van der Waals surface area contributed by atoms with E-state index < -0.39 is 0 Å². The summed E-state index contributed by atoms with van der Waals surface area (Å²) in [5.41, 5.74) is 7.75. The molecule has 0 aliphatic rings. The number of benzene rings is 1. The van der Waals surface area contributed by atoms with Gasteiger partial charge in [0.25, 0.3) is 6.01 Å². The molecule has 1 aromatic carbocycles. The minimum Gasteiger partial charge on any atom is -0.423 e. The molecule has 1 aromatic heterocycles. The fraction of sp³-hybridized carbons (Fsp3) is 0.300. The second-order valence-corrected chi connectivity index (χ2v) is 3.13. The van der Waals surface area contributed by atoms with Gasteiger partial charge in [-0.1, -0.05) is 6.07 Å². The molecule has 0 bridgehead atoms. The third-order valence-corrected chi connectivity index (χ3v) is 2.03. The third-order valence-electron chi connectivity index (χ3n) is 2.03. The van der Waals surface area contributed by atoms with Crippen molar-refractivity contribution in [1.29, 1.82) is 0 Å². The number of nitrogens with one attached hydrogen (secondary N) is 1. The van der Waals surface area contributed by atoms with Crippen LogP contribution in [0.4, 0.5) is 11.7 Å². The van der Waals surface area contributed by atoms with Gasteiger partial charge < -0.3 is 20.2 Å². The summed E-state index contributed by atoms with van der Waals surface area (Å²) in [7, 11) is 1.64. The van der Waals surface area contributed by atoms with Crippen LogP contribution in [0, 0.1) is 0 Å². The molecule has 2 rings (SSSR count). The van der Waals surface area contributed by atoms with Crippen molar-refractivity contribution in [3.63, 3.8) is 0 Å². The number of nitrogens with zero attached hydrogens (tertiary/aromatic N) is 1. The number of aromatic nitrogens is 1. The standard InChI is InChI=1S/C10H13N3O2/c1-14-6-5-12-10-13-9-7(11)3-2-4-8(9)15-10/h2-4H,5-6,11H2,1H3,(H,12,13). The Kier molecular flexibility index (Phi) is 2.73. The number of nitrogens with two attached hydrogens (primary N) is 1. The second kappa shape index (κ2) is 4.18. The number of nitrogen functional groups attached to an aromatic ring is 1. The van der Waals surface area contributed by atoms with Crippen molar-refractivity contribution in [3.05, 3.63) is 18.2 Å². The van der Waals surface area contributed by atoms with Gasteiger partial charge in [-0.2, -0.15) is 4.98 Å². The number of methoxy groups -OCH3 is 1. The summed E-state index contributed by atoms with van der Waals surface area (Å²) in [6.07, 6.45) is 0. The van der Waals surface area contributed by atoms with Crippen LogP contribution in [0.25, 0.3) is 11.1 Å². The van der Waals surface area contributed by atoms with E-state index in [2.05, 4.69) is 10.3 Å². The highest BCUT2D eigenvalue weighted by Crippen LogP contribution is 2.23. The van der Waals surface area contributed by atoms with E-state index in [0.29, 0.717) is 36.0 Å². The van der Waals surface area contributed by atoms with Crippen molar-refractivity contribution in [2.45, 2.75) is 0 Å². The summed E-state index contributed by atoms with van der Waals surface area (Å²) < 4.78 is 10.3. The Morgan fingerprint density at radius 1 is 1.53 bits per heavy atom. The van der Waals surface area contributed by atoms with Crippen molar-refractivity contribution in [3.8, 4) is 0 Å². The first-order chi connectivity index (χ1) is 7.31. The molecular weight excluding hydrogens is 194 g/mol. The number of rotatable bonds is 4. The fourth-order valence-corrected chi connectivity index (χ4v) is 1.31. The topological polar surface area (TPSA) is 73.3 Å². The highest BCUT2D eigenvalue weighted by Gasteiger charge is 2.06. The SMILES string of the molecule is COCCNc1nc2c(N)cccc2o1. The maximum absolute atomic E-state index is 5.75. The van der Waals surface area contributed by atoms with Crippen LogP contribution >= 0.6 is 0 Å². The number of anilines is 2. The lowest BCUT2D eigenvalue weighted by Crippen LogP contribution is -2.07. The molecule has 0 radical (unpaired) electrons. The highest BCUT2D eigenvalue weighted by molar-refractivity contribution is 5.86. The number of oxazole rings is 1. The zero-order valence-corrected chi connectivity index (χ0v) is 8.49. The molecule has 0 saturated heterocycles. The zero-order chi connectivity index (χ0) is 10.7. The zero-order valence-electron chi connectivity index (χ0n) is 8.49. The number of para-hydroxylation sites is 1. The second-order valence-electron chi connectivity index (χ2n) is 3.13. The lowest BCUT2D eigenvalue weighted by molar-refractivity contribution is 0.210. The molecule has 3 N–H and O–H groups in total. The summed E-state index contributed by atoms with van der Waals surface area (Å²) >= 11 is 0. The molecule has 0 fully saturated rings. The molecule has 2 aromatic rings. The molecule has 0 unspecified atom stereocenters. The van der Waals surface area contributed by atoms with Crippen LogP contribution in [0.15, 0.2) is 22.6 Å². The smallest absolute Gasteiger partial charge is 0.295 e. The molecule has 0 saturated carbocycles. The Balaban J connectivity index is 2.20. The fourth-order valence-electron chi connectivity index (χ4n) is 1.31. The molecule has 0 amide bonds. The largest absolute Gasteiger partial charge is 0.423 e. The number of hydrogen-bond donors (Lipinski definition) is 2. The molecule has 0 aliphatic carbocycles. The Morgan fingerprint density at radius 2 is 2.40 bits per heavy atom. The van der Waals surface area contributed by atoms with Gasteiger partial charge in [0, 0.05) is 13.7 Å². The van der Waals surface area contributed by atoms with Gasteiger partial charge in [-0.25, -0.2) is 0 Å². The summed E-state index contributed by atoms with van der Waals surface area (Å²) in [6.45, 7) is 1.26. The third kappa shape index (κ3) is 2.02. The maximum atomic E-state index is 5.75. The normalized spacial score (nSPS) is 10.7. The quantitative estimate of drug-likeness (QED) is 0.586. The lowest BCUT2D eigenvalue weighted by Gasteiger charge is -1.98. The molecule has 0 aliphatic heterocycles. The van der Waals surface area contributed by atoms with Gasteiger partial charge in [0.1, 0.15) is 5.52 Å². The first-order valence-corrected chi connectivity index (χ1v) is 4.69. The van der Waals surface area contributed by atoms with E-state index in [0.717, 1.165) is 0 Å². The van der Waals surface area contributed by atoms with E-state index in [-0.39, 0.29) is 0 Å². The van der Waals surface area contributed by atoms with Crippen LogP contribution in [-0.2, 0) is 4.74 Å². The number of hydrogen-bond acceptors (Lipinski definition) is 5. The average molecular weight is 207 g/mol. The molecule has 80 valence electrons. The maximum Gasteiger partial charge on any atom is 0.295 e. The van der Waals surface area contributed by atoms with Crippen molar-refractivity contribution < 1.29 is 9.15 Å². The van der Waals surface area contributed by atoms with E-state index in [1.807, 2.05) is 12.1 Å². The van der Waals surface area contributed by atoms with Crippen molar-refractivity contribution in [1.82, 2.24) is 4.98 Å². The van der Waals surface area contributed by atoms with Gasteiger partial charge in [-0.05, 0) is 12.1 Å². The number of ether oxygens (including phenoxy) is 1. The van der Waals surface area contributed by atoms with Gasteiger partial charge in [0.05, 0.1) is 12.3 Å². The summed E-state index contributed by atoms with van der Waals surface area (Å²) in [6, 6.07) is 5.94. The van der Waals surface area contributed by atoms with Gasteiger partial charge in [0.2, 0.25) is 0 Å². The van der Waals surface area contributed by atoms with Crippen molar-refractivity contribution in [2.75, 3.05) is 31.3 Å². The Bertz CT molecular complexity index is 453. The summed E-state index contributed by atoms with van der Waals surface area (Å²) in [5.74, 6) is 0. The summed E-state index contributed by atoms with van der Waals surface area (Å²) in [5, 5.41) is 3.00. The van der Waals surface area contributed by atoms with E-state index in [1.54, 1.807) is 13.2 Å². The van der Waals surface area contributed by atoms with E-state index >= 15 is 0 Å². The minimum absolute atomic E-state index is 0.472. The van der Waals surface area contributed by atoms with Crippen molar-refractivity contribution in [2.24, 2.45) is 0 Å². The average Bonchev–Trinajstić information content (AvgIpc) is 2.63. The van der Waals surface area contributed by atoms with Gasteiger partial charge in [-0.15, -0.1) is 0 Å². The van der Waals surface area contributed by atoms with E-state index in [1.165, 1.54) is 0 Å². The molecular formula is C10H13N3O2. The van der Waals surface area contributed by atoms with E-state index in [4.69, 9.17) is 14.9 Å². The monoisotopic (exact) mass is 207 g/mol. The van der Waals surface area contributed by atoms with Crippen LogP contribution < -0.4 is 11.1 Å². The van der Waals surface area contributed by atoms with Crippen LogP contribution in [0.1, 0.15) is 0 Å². The Labute approximate surface area is 87.2 Å². The molecule has 0 atom stereocenters. The molecule has 5 heteroatoms. The molecule has 0 spiro atoms. The van der Waals surface area contributed by atoms with Crippen LogP contribution in [0.3, 0.4) is 0 Å². The lowest BCUT2D eigenvalue weighted by atomic mass is 10.3. The minimum atomic E-state index is 0.472. The van der Waals surface area contributed by atoms with Gasteiger partial charge in [0.15, 0.2) is 5.58 Å². The predicted octanol–water partition coefficient (Wildman–Crippen LogP) is 1.47. The molecule has 15 heavy (non-hydrogen) atoms. The van der Waals surface area contributed by atoms with Gasteiger partial charge >= 0.3 is 0 Å². The first-order valence-electron chi connectivity index (χ1n) is 4.69. The Hall–Kier alpha value is -1.75.